The van der Waals surface area contributed by atoms with Crippen LogP contribution in [0.25, 0.3) is 0 Å². The van der Waals surface area contributed by atoms with Gasteiger partial charge in [0.2, 0.25) is 0 Å². The standard InChI is InChI=1S/C41H38OP2/c1-30(2)29-37-39(31(3)43(32-19-10-6-11-20-32)33-21-12-7-13-22-33)42-40-36(41(37,4)5)27-18-28-38(40)44(34-23-14-8-15-24-34)35-25-16-9-17-26-35/h6-29H,1H2,2-5H3/b37-29?,39-31-. The van der Waals surface area contributed by atoms with Gasteiger partial charge in [0.05, 0.1) is 0 Å². The van der Waals surface area contributed by atoms with Crippen LogP contribution in [0.2, 0.25) is 0 Å². The lowest BCUT2D eigenvalue weighted by Gasteiger charge is -2.40. The maximum atomic E-state index is 7.32. The Labute approximate surface area is 265 Å². The van der Waals surface area contributed by atoms with E-state index in [1.54, 1.807) is 0 Å². The van der Waals surface area contributed by atoms with Crippen LogP contribution in [0.3, 0.4) is 0 Å². The first kappa shape index (κ1) is 30.0. The zero-order chi connectivity index (χ0) is 30.7. The molecule has 0 atom stereocenters. The van der Waals surface area contributed by atoms with Crippen molar-refractivity contribution >= 4 is 42.4 Å². The van der Waals surface area contributed by atoms with Gasteiger partial charge >= 0.3 is 0 Å². The van der Waals surface area contributed by atoms with Crippen LogP contribution in [-0.4, -0.2) is 0 Å². The van der Waals surface area contributed by atoms with Crippen LogP contribution in [-0.2, 0) is 5.41 Å². The molecule has 0 unspecified atom stereocenters. The Bertz CT molecular complexity index is 1740. The molecule has 0 radical (unpaired) electrons. The molecular weight excluding hydrogens is 570 g/mol. The van der Waals surface area contributed by atoms with Crippen molar-refractivity contribution in [3.63, 3.8) is 0 Å². The molecule has 5 aromatic rings. The van der Waals surface area contributed by atoms with E-state index in [4.69, 9.17) is 4.74 Å². The Hall–Kier alpha value is -4.02. The van der Waals surface area contributed by atoms with E-state index in [1.165, 1.54) is 43.0 Å². The molecule has 0 N–H and O–H groups in total. The molecule has 1 nitrogen and oxygen atoms in total. The molecule has 0 aliphatic carbocycles. The van der Waals surface area contributed by atoms with E-state index < -0.39 is 15.8 Å². The summed E-state index contributed by atoms with van der Waals surface area (Å²) in [5, 5.41) is 7.73. The van der Waals surface area contributed by atoms with Gasteiger partial charge in [0, 0.05) is 27.2 Å². The van der Waals surface area contributed by atoms with E-state index in [0.29, 0.717) is 0 Å². The Morgan fingerprint density at radius 1 is 0.614 bits per heavy atom. The molecule has 0 aromatic heterocycles. The highest BCUT2D eigenvalue weighted by Crippen LogP contribution is 2.54. The number of hydrogen-bond acceptors (Lipinski definition) is 1. The fourth-order valence-corrected chi connectivity index (χ4v) is 10.8. The van der Waals surface area contributed by atoms with Gasteiger partial charge < -0.3 is 4.74 Å². The molecule has 1 aliphatic rings. The highest BCUT2D eigenvalue weighted by atomic mass is 31.1. The minimum Gasteiger partial charge on any atom is -0.456 e. The minimum atomic E-state index is -0.854. The Kier molecular flexibility index (Phi) is 8.81. The van der Waals surface area contributed by atoms with Gasteiger partial charge in [0.1, 0.15) is 11.5 Å². The molecule has 218 valence electrons. The Balaban J connectivity index is 1.63. The zero-order valence-corrected chi connectivity index (χ0v) is 27.7. The molecule has 44 heavy (non-hydrogen) atoms. The molecule has 0 saturated heterocycles. The second-order valence-electron chi connectivity index (χ2n) is 11.7. The third kappa shape index (κ3) is 5.88. The van der Waals surface area contributed by atoms with Crippen LogP contribution in [0.1, 0.15) is 33.3 Å². The average molecular weight is 609 g/mol. The first-order valence-corrected chi connectivity index (χ1v) is 17.8. The predicted molar refractivity (Wildman–Crippen MR) is 193 cm³/mol. The summed E-state index contributed by atoms with van der Waals surface area (Å²) in [6.45, 7) is 13.3. The highest BCUT2D eigenvalue weighted by molar-refractivity contribution is 7.80. The number of rotatable bonds is 7. The van der Waals surface area contributed by atoms with Crippen molar-refractivity contribution in [2.75, 3.05) is 0 Å². The van der Waals surface area contributed by atoms with Crippen molar-refractivity contribution in [2.24, 2.45) is 0 Å². The molecule has 1 heterocycles. The third-order valence-electron chi connectivity index (χ3n) is 8.14. The molecule has 0 saturated carbocycles. The summed E-state index contributed by atoms with van der Waals surface area (Å²) in [5.74, 6) is 1.95. The maximum Gasteiger partial charge on any atom is 0.139 e. The summed E-state index contributed by atoms with van der Waals surface area (Å²) in [6, 6.07) is 50.3. The largest absolute Gasteiger partial charge is 0.456 e. The van der Waals surface area contributed by atoms with Crippen molar-refractivity contribution < 1.29 is 4.74 Å². The van der Waals surface area contributed by atoms with Crippen LogP contribution in [0.15, 0.2) is 174 Å². The lowest BCUT2D eigenvalue weighted by molar-refractivity contribution is 0.373. The second kappa shape index (κ2) is 12.9. The summed E-state index contributed by atoms with van der Waals surface area (Å²) in [7, 11) is -1.69. The van der Waals surface area contributed by atoms with Gasteiger partial charge in [-0.15, -0.1) is 0 Å². The van der Waals surface area contributed by atoms with Crippen molar-refractivity contribution in [1.29, 1.82) is 0 Å². The van der Waals surface area contributed by atoms with E-state index in [1.807, 2.05) is 0 Å². The molecule has 0 spiro atoms. The van der Waals surface area contributed by atoms with Crippen LogP contribution < -0.4 is 31.3 Å². The summed E-state index contributed by atoms with van der Waals surface area (Å²) in [5.41, 5.74) is 3.10. The van der Waals surface area contributed by atoms with Crippen LogP contribution in [0, 0.1) is 0 Å². The average Bonchev–Trinajstić information content (AvgIpc) is 3.05. The fraction of sp³-hybridized carbons (Fsp3) is 0.122. The van der Waals surface area contributed by atoms with E-state index in [2.05, 4.69) is 180 Å². The second-order valence-corrected chi connectivity index (χ2v) is 16.3. The molecule has 0 bridgehead atoms. The highest BCUT2D eigenvalue weighted by Gasteiger charge is 2.40. The summed E-state index contributed by atoms with van der Waals surface area (Å²) >= 11 is 0. The molecule has 1 aliphatic heterocycles. The zero-order valence-electron chi connectivity index (χ0n) is 25.9. The maximum absolute atomic E-state index is 7.32. The lowest BCUT2D eigenvalue weighted by atomic mass is 9.74. The number of fused-ring (bicyclic) bond motifs is 1. The Morgan fingerprint density at radius 2 is 1.07 bits per heavy atom. The van der Waals surface area contributed by atoms with Crippen molar-refractivity contribution in [3.8, 4) is 5.75 Å². The quantitative estimate of drug-likeness (QED) is 0.168. The molecule has 5 aromatic carbocycles. The van der Waals surface area contributed by atoms with Gasteiger partial charge in [0.25, 0.3) is 0 Å². The topological polar surface area (TPSA) is 9.23 Å². The smallest absolute Gasteiger partial charge is 0.139 e. The summed E-state index contributed by atoms with van der Waals surface area (Å²) in [6.07, 6.45) is 2.23. The van der Waals surface area contributed by atoms with Crippen LogP contribution in [0.5, 0.6) is 5.75 Å². The number of para-hydroxylation sites is 1. The molecule has 0 fully saturated rings. The van der Waals surface area contributed by atoms with Gasteiger partial charge in [-0.05, 0) is 50.9 Å². The molecule has 3 heteroatoms. The van der Waals surface area contributed by atoms with E-state index in [0.717, 1.165) is 17.1 Å². The van der Waals surface area contributed by atoms with Crippen molar-refractivity contribution in [3.05, 3.63) is 180 Å². The first-order valence-electron chi connectivity index (χ1n) is 15.1. The molecule has 0 amide bonds. The third-order valence-corrected chi connectivity index (χ3v) is 13.1. The van der Waals surface area contributed by atoms with Gasteiger partial charge in [-0.1, -0.05) is 172 Å². The number of benzene rings is 5. The minimum absolute atomic E-state index is 0.304. The van der Waals surface area contributed by atoms with Gasteiger partial charge in [-0.25, -0.2) is 0 Å². The SMILES string of the molecule is C=C(C)C=C1/C(=C(\C)P(c2ccccc2)c2ccccc2)Oc2c(P(c3ccccc3)c3ccccc3)cccc2C1(C)C. The first-order chi connectivity index (χ1) is 21.4. The number of ether oxygens (including phenoxy) is 1. The number of hydrogen-bond donors (Lipinski definition) is 0. The molecular formula is C41H38OP2. The lowest BCUT2D eigenvalue weighted by Crippen LogP contribution is -2.34. The van der Waals surface area contributed by atoms with E-state index in [9.17, 15) is 0 Å². The van der Waals surface area contributed by atoms with E-state index >= 15 is 0 Å². The van der Waals surface area contributed by atoms with E-state index in [-0.39, 0.29) is 5.41 Å². The van der Waals surface area contributed by atoms with Crippen molar-refractivity contribution in [1.82, 2.24) is 0 Å². The van der Waals surface area contributed by atoms with Gasteiger partial charge in [-0.3, -0.25) is 0 Å². The normalized spacial score (nSPS) is 16.0. The van der Waals surface area contributed by atoms with Crippen molar-refractivity contribution in [2.45, 2.75) is 33.1 Å². The molecule has 6 rings (SSSR count). The Morgan fingerprint density at radius 3 is 1.52 bits per heavy atom. The monoisotopic (exact) mass is 608 g/mol. The predicted octanol–water partition coefficient (Wildman–Crippen LogP) is 8.98. The summed E-state index contributed by atoms with van der Waals surface area (Å²) in [4.78, 5) is 0. The summed E-state index contributed by atoms with van der Waals surface area (Å²) < 4.78 is 7.32. The van der Waals surface area contributed by atoms with Crippen LogP contribution in [0.4, 0.5) is 0 Å². The van der Waals surface area contributed by atoms with Gasteiger partial charge in [-0.2, -0.15) is 0 Å². The fourth-order valence-electron chi connectivity index (χ4n) is 6.02. The van der Waals surface area contributed by atoms with Gasteiger partial charge in [0.15, 0.2) is 0 Å². The van der Waals surface area contributed by atoms with Crippen LogP contribution >= 0.6 is 15.8 Å². The number of allylic oxidation sites excluding steroid dienone is 4.